The Morgan fingerprint density at radius 3 is 1.58 bits per heavy atom. The van der Waals surface area contributed by atoms with Crippen LogP contribution in [0.15, 0.2) is 97.1 Å². The zero-order valence-electron chi connectivity index (χ0n) is 20.7. The molecule has 0 N–H and O–H groups in total. The van der Waals surface area contributed by atoms with Crippen LogP contribution in [-0.4, -0.2) is 11.9 Å². The van der Waals surface area contributed by atoms with Crippen molar-refractivity contribution in [3.8, 4) is 22.6 Å². The van der Waals surface area contributed by atoms with E-state index in [2.05, 4.69) is 19.9 Å². The third-order valence-electron chi connectivity index (χ3n) is 5.93. The van der Waals surface area contributed by atoms with Gasteiger partial charge in [0.05, 0.1) is 11.1 Å². The molecule has 0 heterocycles. The number of carbonyl (C=O) groups excluding carboxylic acids is 2. The molecule has 0 bridgehead atoms. The van der Waals surface area contributed by atoms with E-state index in [0.29, 0.717) is 35.5 Å². The van der Waals surface area contributed by atoms with Gasteiger partial charge in [0.2, 0.25) is 0 Å². The smallest absolute Gasteiger partial charge is 0.343 e. The number of carbonyl (C=O) groups is 2. The molecule has 0 saturated heterocycles. The van der Waals surface area contributed by atoms with E-state index >= 15 is 0 Å². The first-order valence-corrected chi connectivity index (χ1v) is 12.4. The summed E-state index contributed by atoms with van der Waals surface area (Å²) in [5.74, 6) is -0.338. The summed E-state index contributed by atoms with van der Waals surface area (Å²) in [5, 5.41) is 0. The van der Waals surface area contributed by atoms with Crippen molar-refractivity contribution < 1.29 is 19.1 Å². The molecular formula is C32H30O4. The molecule has 4 aromatic carbocycles. The van der Waals surface area contributed by atoms with E-state index in [1.807, 2.05) is 42.5 Å². The van der Waals surface area contributed by atoms with E-state index in [9.17, 15) is 9.59 Å². The SMILES string of the molecule is CCCc1cc(-c2ccccc2)c(CCC)c(OC(=O)c2ccccc2)c1OC(=O)c1ccccc1. The summed E-state index contributed by atoms with van der Waals surface area (Å²) in [4.78, 5) is 26.4. The lowest BCUT2D eigenvalue weighted by Crippen LogP contribution is -2.16. The Labute approximate surface area is 212 Å². The number of esters is 2. The number of benzene rings is 4. The largest absolute Gasteiger partial charge is 0.419 e. The highest BCUT2D eigenvalue weighted by atomic mass is 16.6. The lowest BCUT2D eigenvalue weighted by Gasteiger charge is -2.21. The molecule has 0 amide bonds. The fourth-order valence-electron chi connectivity index (χ4n) is 4.23. The van der Waals surface area contributed by atoms with Crippen LogP contribution in [0, 0.1) is 0 Å². The molecule has 0 aliphatic rings. The van der Waals surface area contributed by atoms with E-state index in [1.165, 1.54) is 0 Å². The van der Waals surface area contributed by atoms with Crippen molar-refractivity contribution in [3.05, 3.63) is 119 Å². The molecule has 0 radical (unpaired) electrons. The van der Waals surface area contributed by atoms with E-state index in [-0.39, 0.29) is 0 Å². The molecule has 0 aliphatic heterocycles. The summed E-state index contributed by atoms with van der Waals surface area (Å²) in [6, 6.07) is 29.8. The van der Waals surface area contributed by atoms with Gasteiger partial charge in [-0.05, 0) is 59.9 Å². The van der Waals surface area contributed by atoms with Crippen LogP contribution >= 0.6 is 0 Å². The minimum atomic E-state index is -0.488. The van der Waals surface area contributed by atoms with E-state index in [0.717, 1.165) is 35.1 Å². The summed E-state index contributed by atoms with van der Waals surface area (Å²) in [6.45, 7) is 4.15. The lowest BCUT2D eigenvalue weighted by molar-refractivity contribution is 0.0679. The molecule has 36 heavy (non-hydrogen) atoms. The fourth-order valence-corrected chi connectivity index (χ4v) is 4.23. The maximum Gasteiger partial charge on any atom is 0.343 e. The average molecular weight is 479 g/mol. The zero-order valence-corrected chi connectivity index (χ0v) is 20.7. The number of rotatable bonds is 9. The molecule has 0 aromatic heterocycles. The molecular weight excluding hydrogens is 448 g/mol. The van der Waals surface area contributed by atoms with Gasteiger partial charge in [-0.15, -0.1) is 0 Å². The summed E-state index contributed by atoms with van der Waals surface area (Å²) >= 11 is 0. The van der Waals surface area contributed by atoms with Crippen molar-refractivity contribution in [2.45, 2.75) is 39.5 Å². The lowest BCUT2D eigenvalue weighted by atomic mass is 9.91. The first-order valence-electron chi connectivity index (χ1n) is 12.4. The summed E-state index contributed by atoms with van der Waals surface area (Å²) in [5.41, 5.74) is 4.56. The molecule has 0 aliphatic carbocycles. The summed E-state index contributed by atoms with van der Waals surface area (Å²) in [7, 11) is 0. The van der Waals surface area contributed by atoms with Gasteiger partial charge in [0, 0.05) is 5.56 Å². The first kappa shape index (κ1) is 24.9. The molecule has 4 rings (SSSR count). The van der Waals surface area contributed by atoms with Crippen LogP contribution in [0.2, 0.25) is 0 Å². The molecule has 0 saturated carbocycles. The predicted molar refractivity (Wildman–Crippen MR) is 143 cm³/mol. The van der Waals surface area contributed by atoms with Gasteiger partial charge in [-0.25, -0.2) is 9.59 Å². The fraction of sp³-hybridized carbons (Fsp3) is 0.188. The van der Waals surface area contributed by atoms with Gasteiger partial charge in [0.15, 0.2) is 11.5 Å². The maximum absolute atomic E-state index is 13.2. The maximum atomic E-state index is 13.2. The number of hydrogen-bond donors (Lipinski definition) is 0. The Bertz CT molecular complexity index is 1310. The van der Waals surface area contributed by atoms with Crippen LogP contribution in [0.4, 0.5) is 0 Å². The van der Waals surface area contributed by atoms with Crippen molar-refractivity contribution in [1.82, 2.24) is 0 Å². The second-order valence-corrected chi connectivity index (χ2v) is 8.60. The molecule has 182 valence electrons. The van der Waals surface area contributed by atoms with E-state index < -0.39 is 11.9 Å². The standard InChI is InChI=1S/C32H30O4/c1-3-14-26-22-28(23-16-8-5-9-17-23)27(15-4-2)30(36-32(34)25-20-12-7-13-21-25)29(26)35-31(33)24-18-10-6-11-19-24/h5-13,16-22H,3-4,14-15H2,1-2H3. The minimum absolute atomic E-state index is 0.318. The Balaban J connectivity index is 1.91. The molecule has 0 atom stereocenters. The third-order valence-corrected chi connectivity index (χ3v) is 5.93. The van der Waals surface area contributed by atoms with Crippen molar-refractivity contribution in [3.63, 3.8) is 0 Å². The van der Waals surface area contributed by atoms with Crippen molar-refractivity contribution in [2.24, 2.45) is 0 Å². The normalized spacial score (nSPS) is 10.6. The van der Waals surface area contributed by atoms with Crippen LogP contribution in [0.1, 0.15) is 58.5 Å². The third kappa shape index (κ3) is 5.72. The Morgan fingerprint density at radius 2 is 1.08 bits per heavy atom. The topological polar surface area (TPSA) is 52.6 Å². The predicted octanol–water partition coefficient (Wildman–Crippen LogP) is 7.70. The highest BCUT2D eigenvalue weighted by Crippen LogP contribution is 2.43. The van der Waals surface area contributed by atoms with Crippen molar-refractivity contribution >= 4 is 11.9 Å². The van der Waals surface area contributed by atoms with E-state index in [1.54, 1.807) is 48.5 Å². The van der Waals surface area contributed by atoms with Crippen LogP contribution < -0.4 is 9.47 Å². The molecule has 4 aromatic rings. The Kier molecular flexibility index (Phi) is 8.30. The van der Waals surface area contributed by atoms with Gasteiger partial charge in [-0.1, -0.05) is 93.4 Å². The quantitative estimate of drug-likeness (QED) is 0.183. The van der Waals surface area contributed by atoms with E-state index in [4.69, 9.17) is 9.47 Å². The zero-order chi connectivity index (χ0) is 25.3. The molecule has 0 spiro atoms. The van der Waals surface area contributed by atoms with Gasteiger partial charge in [-0.2, -0.15) is 0 Å². The molecule has 4 nitrogen and oxygen atoms in total. The number of hydrogen-bond acceptors (Lipinski definition) is 4. The van der Waals surface area contributed by atoms with Crippen LogP contribution in [0.25, 0.3) is 11.1 Å². The minimum Gasteiger partial charge on any atom is -0.419 e. The monoisotopic (exact) mass is 478 g/mol. The summed E-state index contributed by atoms with van der Waals surface area (Å²) in [6.07, 6.45) is 2.99. The Hall–Kier alpha value is -4.18. The number of ether oxygens (including phenoxy) is 2. The van der Waals surface area contributed by atoms with Gasteiger partial charge in [0.1, 0.15) is 0 Å². The van der Waals surface area contributed by atoms with Crippen molar-refractivity contribution in [1.29, 1.82) is 0 Å². The molecule has 0 fully saturated rings. The Morgan fingerprint density at radius 1 is 0.611 bits per heavy atom. The highest BCUT2D eigenvalue weighted by molar-refractivity contribution is 5.94. The molecule has 0 unspecified atom stereocenters. The average Bonchev–Trinajstić information content (AvgIpc) is 2.93. The number of aryl methyl sites for hydroxylation is 1. The second-order valence-electron chi connectivity index (χ2n) is 8.60. The van der Waals surface area contributed by atoms with Crippen LogP contribution in [0.3, 0.4) is 0 Å². The van der Waals surface area contributed by atoms with Crippen LogP contribution in [-0.2, 0) is 12.8 Å². The van der Waals surface area contributed by atoms with Crippen LogP contribution in [0.5, 0.6) is 11.5 Å². The second kappa shape index (κ2) is 12.0. The highest BCUT2D eigenvalue weighted by Gasteiger charge is 2.26. The first-order chi connectivity index (χ1) is 17.6. The van der Waals surface area contributed by atoms with Crippen molar-refractivity contribution in [2.75, 3.05) is 0 Å². The van der Waals surface area contributed by atoms with Gasteiger partial charge in [0.25, 0.3) is 0 Å². The van der Waals surface area contributed by atoms with Gasteiger partial charge < -0.3 is 9.47 Å². The van der Waals surface area contributed by atoms with Gasteiger partial charge >= 0.3 is 11.9 Å². The summed E-state index contributed by atoms with van der Waals surface area (Å²) < 4.78 is 12.1. The van der Waals surface area contributed by atoms with Gasteiger partial charge in [-0.3, -0.25) is 0 Å². The molecule has 4 heteroatoms.